The molecule has 40 heavy (non-hydrogen) atoms. The smallest absolute Gasteiger partial charge is 0.261 e. The Morgan fingerprint density at radius 2 is 1.90 bits per heavy atom. The third-order valence-corrected chi connectivity index (χ3v) is 8.80. The van der Waals surface area contributed by atoms with E-state index in [0.717, 1.165) is 42.0 Å². The predicted octanol–water partition coefficient (Wildman–Crippen LogP) is 4.08. The Morgan fingerprint density at radius 1 is 1.07 bits per heavy atom. The van der Waals surface area contributed by atoms with Gasteiger partial charge in [0.1, 0.15) is 5.75 Å². The Kier molecular flexibility index (Phi) is 8.66. The van der Waals surface area contributed by atoms with Gasteiger partial charge in [-0.3, -0.25) is 9.59 Å². The highest BCUT2D eigenvalue weighted by atomic mass is 32.1. The van der Waals surface area contributed by atoms with Crippen molar-refractivity contribution in [3.8, 4) is 5.75 Å². The summed E-state index contributed by atoms with van der Waals surface area (Å²) in [6, 6.07) is 18.7. The molecule has 2 atom stereocenters. The van der Waals surface area contributed by atoms with Gasteiger partial charge >= 0.3 is 0 Å². The zero-order valence-corrected chi connectivity index (χ0v) is 23.4. The summed E-state index contributed by atoms with van der Waals surface area (Å²) in [6.07, 6.45) is 3.04. The molecular weight excluding hydrogens is 524 g/mol. The van der Waals surface area contributed by atoms with Gasteiger partial charge in [0.15, 0.2) is 0 Å². The molecule has 9 heteroatoms. The average molecular weight is 561 g/mol. The standard InChI is InChI=1S/C31H36N4O4S/c1-31(15-14-20-6-2-3-7-24(20)31)34-18-21-8-12-27(40-21)30(39)33-17-5-4-16-32-19-26(37)22-9-11-25(36)29-23(22)10-13-28(38)35-29/h2-3,6-13,26,32,34,36-37H,4-5,14-19H2,1H3,(H,33,39)(H,35,38). The number of aryl methyl sites for hydroxylation is 1. The maximum atomic E-state index is 12.6. The van der Waals surface area contributed by atoms with Gasteiger partial charge < -0.3 is 31.1 Å². The number of aromatic amines is 1. The number of fused-ring (bicyclic) bond motifs is 2. The number of benzene rings is 2. The van der Waals surface area contributed by atoms with Crippen molar-refractivity contribution in [2.24, 2.45) is 0 Å². The molecule has 0 spiro atoms. The van der Waals surface area contributed by atoms with Crippen molar-refractivity contribution < 1.29 is 15.0 Å². The first kappa shape index (κ1) is 28.0. The highest BCUT2D eigenvalue weighted by Crippen LogP contribution is 2.36. The molecule has 6 N–H and O–H groups in total. The molecule has 1 aliphatic rings. The number of amides is 1. The number of hydrogen-bond donors (Lipinski definition) is 6. The molecule has 2 aromatic heterocycles. The number of nitrogens with one attached hydrogen (secondary N) is 4. The SMILES string of the molecule is CC1(NCc2ccc(C(=O)NCCCCNCC(O)c3ccc(O)c4[nH]c(=O)ccc34)s2)CCc2ccccc21. The van der Waals surface area contributed by atoms with E-state index in [2.05, 4.69) is 52.1 Å². The summed E-state index contributed by atoms with van der Waals surface area (Å²) in [6.45, 7) is 4.60. The van der Waals surface area contributed by atoms with E-state index in [4.69, 9.17) is 0 Å². The number of unbranched alkanes of at least 4 members (excludes halogenated alkanes) is 1. The van der Waals surface area contributed by atoms with Crippen molar-refractivity contribution in [2.75, 3.05) is 19.6 Å². The van der Waals surface area contributed by atoms with E-state index in [9.17, 15) is 19.8 Å². The fraction of sp³-hybridized carbons (Fsp3) is 0.355. The van der Waals surface area contributed by atoms with E-state index in [-0.39, 0.29) is 22.8 Å². The molecule has 2 aromatic carbocycles. The molecule has 0 saturated carbocycles. The Labute approximate surface area is 237 Å². The van der Waals surface area contributed by atoms with Crippen molar-refractivity contribution >= 4 is 28.1 Å². The lowest BCUT2D eigenvalue weighted by Gasteiger charge is -2.27. The molecule has 0 radical (unpaired) electrons. The number of phenolic OH excluding ortho intramolecular Hbond substituents is 1. The fourth-order valence-corrected chi connectivity index (χ4v) is 6.28. The number of carbonyl (C=O) groups is 1. The third kappa shape index (κ3) is 6.28. The van der Waals surface area contributed by atoms with Crippen LogP contribution in [-0.4, -0.2) is 40.7 Å². The molecule has 0 saturated heterocycles. The van der Waals surface area contributed by atoms with Crippen molar-refractivity contribution in [2.45, 2.75) is 50.8 Å². The van der Waals surface area contributed by atoms with Gasteiger partial charge in [-0.05, 0) is 80.1 Å². The topological polar surface area (TPSA) is 126 Å². The van der Waals surface area contributed by atoms with Crippen LogP contribution < -0.4 is 21.5 Å². The second-order valence-corrected chi connectivity index (χ2v) is 11.7. The zero-order chi connectivity index (χ0) is 28.1. The van der Waals surface area contributed by atoms with Crippen LogP contribution in [0.2, 0.25) is 0 Å². The van der Waals surface area contributed by atoms with Gasteiger partial charge in [-0.25, -0.2) is 0 Å². The Hall–Kier alpha value is -3.50. The highest BCUT2D eigenvalue weighted by molar-refractivity contribution is 7.14. The number of aliphatic hydroxyl groups is 1. The first-order chi connectivity index (χ1) is 19.3. The molecule has 1 amide bonds. The molecule has 0 fully saturated rings. The van der Waals surface area contributed by atoms with E-state index in [1.807, 2.05) is 12.1 Å². The number of H-pyrrole nitrogens is 1. The van der Waals surface area contributed by atoms with Gasteiger partial charge in [-0.2, -0.15) is 0 Å². The third-order valence-electron chi connectivity index (χ3n) is 7.71. The van der Waals surface area contributed by atoms with Gasteiger partial charge in [0.25, 0.3) is 5.91 Å². The van der Waals surface area contributed by atoms with Crippen LogP contribution in [-0.2, 0) is 18.5 Å². The molecule has 210 valence electrons. The summed E-state index contributed by atoms with van der Waals surface area (Å²) in [5, 5.41) is 31.2. The number of aromatic hydroxyl groups is 1. The number of phenols is 1. The van der Waals surface area contributed by atoms with Gasteiger partial charge in [0, 0.05) is 41.5 Å². The summed E-state index contributed by atoms with van der Waals surface area (Å²) in [4.78, 5) is 28.7. The molecule has 0 aliphatic heterocycles. The summed E-state index contributed by atoms with van der Waals surface area (Å²) >= 11 is 1.53. The van der Waals surface area contributed by atoms with Crippen molar-refractivity contribution in [1.82, 2.24) is 20.9 Å². The number of carbonyl (C=O) groups excluding carboxylic acids is 1. The predicted molar refractivity (Wildman–Crippen MR) is 159 cm³/mol. The van der Waals surface area contributed by atoms with Crippen LogP contribution in [0.25, 0.3) is 10.9 Å². The Balaban J connectivity index is 1.00. The fourth-order valence-electron chi connectivity index (χ4n) is 5.42. The highest BCUT2D eigenvalue weighted by Gasteiger charge is 2.33. The van der Waals surface area contributed by atoms with Gasteiger partial charge in [0.05, 0.1) is 16.5 Å². The molecule has 1 aliphatic carbocycles. The van der Waals surface area contributed by atoms with Gasteiger partial charge in [-0.15, -0.1) is 11.3 Å². The quantitative estimate of drug-likeness (QED) is 0.145. The van der Waals surface area contributed by atoms with E-state index in [0.29, 0.717) is 36.1 Å². The van der Waals surface area contributed by atoms with Crippen LogP contribution in [0.4, 0.5) is 0 Å². The number of thiophene rings is 1. The lowest BCUT2D eigenvalue weighted by molar-refractivity contribution is 0.0957. The summed E-state index contributed by atoms with van der Waals surface area (Å²) in [5.74, 6) is -0.0759. The number of aromatic nitrogens is 1. The van der Waals surface area contributed by atoms with Gasteiger partial charge in [-0.1, -0.05) is 30.3 Å². The molecule has 8 nitrogen and oxygen atoms in total. The lowest BCUT2D eigenvalue weighted by atomic mass is 9.94. The summed E-state index contributed by atoms with van der Waals surface area (Å²) < 4.78 is 0. The van der Waals surface area contributed by atoms with Crippen LogP contribution in [0.15, 0.2) is 65.5 Å². The molecule has 2 unspecified atom stereocenters. The maximum Gasteiger partial charge on any atom is 0.261 e. The van der Waals surface area contributed by atoms with Crippen molar-refractivity contribution in [3.05, 3.63) is 97.5 Å². The van der Waals surface area contributed by atoms with Crippen LogP contribution in [0.3, 0.4) is 0 Å². The first-order valence-corrected chi connectivity index (χ1v) is 14.6. The first-order valence-electron chi connectivity index (χ1n) is 13.8. The second-order valence-electron chi connectivity index (χ2n) is 10.6. The largest absolute Gasteiger partial charge is 0.506 e. The zero-order valence-electron chi connectivity index (χ0n) is 22.6. The number of aliphatic hydroxyl groups excluding tert-OH is 1. The molecule has 0 bridgehead atoms. The Morgan fingerprint density at radius 3 is 2.77 bits per heavy atom. The van der Waals surface area contributed by atoms with Crippen LogP contribution in [0.1, 0.15) is 63.5 Å². The molecule has 2 heterocycles. The van der Waals surface area contributed by atoms with Crippen LogP contribution in [0, 0.1) is 0 Å². The Bertz CT molecular complexity index is 1550. The molecular formula is C31H36N4O4S. The lowest BCUT2D eigenvalue weighted by Crippen LogP contribution is -2.36. The minimum absolute atomic E-state index is 0.0290. The van der Waals surface area contributed by atoms with Crippen LogP contribution >= 0.6 is 11.3 Å². The molecule has 4 aromatic rings. The normalized spacial score (nSPS) is 17.1. The van der Waals surface area contributed by atoms with E-state index in [1.165, 1.54) is 34.6 Å². The van der Waals surface area contributed by atoms with E-state index < -0.39 is 6.10 Å². The maximum absolute atomic E-state index is 12.6. The minimum Gasteiger partial charge on any atom is -0.506 e. The van der Waals surface area contributed by atoms with Crippen LogP contribution in [0.5, 0.6) is 5.75 Å². The summed E-state index contributed by atoms with van der Waals surface area (Å²) in [7, 11) is 0. The number of hydrogen-bond acceptors (Lipinski definition) is 7. The van der Waals surface area contributed by atoms with E-state index in [1.54, 1.807) is 12.1 Å². The minimum atomic E-state index is -0.790. The summed E-state index contributed by atoms with van der Waals surface area (Å²) in [5.41, 5.74) is 3.40. The van der Waals surface area contributed by atoms with Crippen molar-refractivity contribution in [1.29, 1.82) is 0 Å². The average Bonchev–Trinajstić information content (AvgIpc) is 3.57. The number of rotatable bonds is 12. The van der Waals surface area contributed by atoms with Crippen molar-refractivity contribution in [3.63, 3.8) is 0 Å². The van der Waals surface area contributed by atoms with Gasteiger partial charge in [0.2, 0.25) is 5.56 Å². The monoisotopic (exact) mass is 560 g/mol. The number of pyridine rings is 1. The molecule has 5 rings (SSSR count). The second kappa shape index (κ2) is 12.3. The van der Waals surface area contributed by atoms with E-state index >= 15 is 0 Å².